The van der Waals surface area contributed by atoms with Crippen molar-refractivity contribution in [3.8, 4) is 10.6 Å². The van der Waals surface area contributed by atoms with E-state index in [-0.39, 0.29) is 12.0 Å². The average Bonchev–Trinajstić information content (AvgIpc) is 3.12. The van der Waals surface area contributed by atoms with E-state index in [1.807, 2.05) is 47.4 Å². The third-order valence-corrected chi connectivity index (χ3v) is 5.67. The molecule has 1 aromatic heterocycles. The summed E-state index contributed by atoms with van der Waals surface area (Å²) in [5.74, 6) is 0.0474. The van der Waals surface area contributed by atoms with E-state index in [1.54, 1.807) is 11.3 Å². The van der Waals surface area contributed by atoms with Crippen LogP contribution in [0.2, 0.25) is 0 Å². The van der Waals surface area contributed by atoms with Gasteiger partial charge in [0.2, 0.25) is 0 Å². The summed E-state index contributed by atoms with van der Waals surface area (Å²) < 4.78 is 6.83. The van der Waals surface area contributed by atoms with Gasteiger partial charge in [0.25, 0.3) is 5.91 Å². The number of carbonyl (C=O) groups excluding carboxylic acids is 1. The lowest BCUT2D eigenvalue weighted by Crippen LogP contribution is -2.46. The van der Waals surface area contributed by atoms with Gasteiger partial charge in [-0.1, -0.05) is 24.3 Å². The molecule has 1 aliphatic rings. The van der Waals surface area contributed by atoms with Crippen molar-refractivity contribution in [2.45, 2.75) is 12.5 Å². The van der Waals surface area contributed by atoms with Crippen LogP contribution in [-0.2, 0) is 4.74 Å². The molecular weight excluding hydrogens is 346 g/mol. The fraction of sp³-hybridized carbons (Fsp3) is 0.300. The second-order valence-electron chi connectivity index (χ2n) is 6.39. The van der Waals surface area contributed by atoms with Crippen LogP contribution in [0.15, 0.2) is 48.5 Å². The number of thiazole rings is 1. The van der Waals surface area contributed by atoms with Crippen LogP contribution < -0.4 is 5.73 Å². The third kappa shape index (κ3) is 3.49. The SMILES string of the molecule is NCC[C@H]1CN(C(=O)c2ccc(-c3nc4ccccc4s3)cc2)CCO1. The predicted molar refractivity (Wildman–Crippen MR) is 104 cm³/mol. The molecular formula is C20H21N3O2S. The van der Waals surface area contributed by atoms with Crippen molar-refractivity contribution in [1.29, 1.82) is 0 Å². The molecule has 0 spiro atoms. The third-order valence-electron chi connectivity index (χ3n) is 4.59. The van der Waals surface area contributed by atoms with E-state index in [9.17, 15) is 4.79 Å². The van der Waals surface area contributed by atoms with Gasteiger partial charge in [-0.3, -0.25) is 4.79 Å². The molecule has 1 atom stereocenters. The molecule has 0 unspecified atom stereocenters. The zero-order valence-electron chi connectivity index (χ0n) is 14.4. The molecule has 0 bridgehead atoms. The summed E-state index contributed by atoms with van der Waals surface area (Å²) in [6.45, 7) is 2.37. The van der Waals surface area contributed by atoms with Crippen LogP contribution in [0.25, 0.3) is 20.8 Å². The van der Waals surface area contributed by atoms with E-state index >= 15 is 0 Å². The lowest BCUT2D eigenvalue weighted by atomic mass is 10.1. The number of para-hydroxylation sites is 1. The smallest absolute Gasteiger partial charge is 0.254 e. The highest BCUT2D eigenvalue weighted by molar-refractivity contribution is 7.21. The standard InChI is InChI=1S/C20H21N3O2S/c21-10-9-16-13-23(11-12-25-16)20(24)15-7-5-14(6-8-15)19-22-17-3-1-2-4-18(17)26-19/h1-8,16H,9-13,21H2/t16-/m0/s1. The summed E-state index contributed by atoms with van der Waals surface area (Å²) in [6.07, 6.45) is 0.820. The Morgan fingerprint density at radius 1 is 1.23 bits per heavy atom. The molecule has 0 saturated carbocycles. The number of amides is 1. The first-order valence-corrected chi connectivity index (χ1v) is 9.63. The number of morpholine rings is 1. The normalized spacial score (nSPS) is 17.6. The molecule has 2 N–H and O–H groups in total. The summed E-state index contributed by atoms with van der Waals surface area (Å²) in [5.41, 5.74) is 8.34. The number of carbonyl (C=O) groups is 1. The first kappa shape index (κ1) is 17.1. The van der Waals surface area contributed by atoms with E-state index in [2.05, 4.69) is 11.1 Å². The lowest BCUT2D eigenvalue weighted by molar-refractivity contribution is -0.0236. The maximum Gasteiger partial charge on any atom is 0.254 e. The van der Waals surface area contributed by atoms with Crippen LogP contribution in [0.1, 0.15) is 16.8 Å². The summed E-state index contributed by atoms with van der Waals surface area (Å²) in [4.78, 5) is 19.3. The van der Waals surface area contributed by atoms with Crippen LogP contribution in [0.3, 0.4) is 0 Å². The number of ether oxygens (including phenoxy) is 1. The predicted octanol–water partition coefficient (Wildman–Crippen LogP) is 3.15. The fourth-order valence-electron chi connectivity index (χ4n) is 3.20. The van der Waals surface area contributed by atoms with Crippen LogP contribution in [0.5, 0.6) is 0 Å². The number of fused-ring (bicyclic) bond motifs is 1. The fourth-order valence-corrected chi connectivity index (χ4v) is 4.17. The molecule has 2 aromatic carbocycles. The number of nitrogens with zero attached hydrogens (tertiary/aromatic N) is 2. The maximum atomic E-state index is 12.8. The molecule has 2 heterocycles. The number of nitrogens with two attached hydrogens (primary N) is 1. The molecule has 5 nitrogen and oxygen atoms in total. The topological polar surface area (TPSA) is 68.5 Å². The highest BCUT2D eigenvalue weighted by atomic mass is 32.1. The summed E-state index contributed by atoms with van der Waals surface area (Å²) >= 11 is 1.66. The van der Waals surface area contributed by atoms with Gasteiger partial charge in [0.05, 0.1) is 22.9 Å². The van der Waals surface area contributed by atoms with E-state index in [4.69, 9.17) is 10.5 Å². The Hall–Kier alpha value is -2.28. The van der Waals surface area contributed by atoms with Gasteiger partial charge < -0.3 is 15.4 Å². The Morgan fingerprint density at radius 2 is 2.04 bits per heavy atom. The van der Waals surface area contributed by atoms with Crippen molar-refractivity contribution in [2.24, 2.45) is 5.73 Å². The van der Waals surface area contributed by atoms with E-state index in [1.165, 1.54) is 4.70 Å². The van der Waals surface area contributed by atoms with Crippen molar-refractivity contribution in [3.05, 3.63) is 54.1 Å². The van der Waals surface area contributed by atoms with Gasteiger partial charge in [-0.15, -0.1) is 11.3 Å². The van der Waals surface area contributed by atoms with Crippen LogP contribution in [0, 0.1) is 0 Å². The summed E-state index contributed by atoms with van der Waals surface area (Å²) in [6, 6.07) is 15.8. The van der Waals surface area contributed by atoms with Gasteiger partial charge in [-0.2, -0.15) is 0 Å². The highest BCUT2D eigenvalue weighted by Gasteiger charge is 2.24. The van der Waals surface area contributed by atoms with Gasteiger partial charge in [-0.25, -0.2) is 4.98 Å². The van der Waals surface area contributed by atoms with Crippen molar-refractivity contribution in [1.82, 2.24) is 9.88 Å². The van der Waals surface area contributed by atoms with Gasteiger partial charge in [0.1, 0.15) is 5.01 Å². The Morgan fingerprint density at radius 3 is 2.81 bits per heavy atom. The second-order valence-corrected chi connectivity index (χ2v) is 7.42. The summed E-state index contributed by atoms with van der Waals surface area (Å²) in [5, 5.41) is 0.972. The van der Waals surface area contributed by atoms with E-state index < -0.39 is 0 Å². The minimum Gasteiger partial charge on any atom is -0.374 e. The van der Waals surface area contributed by atoms with Gasteiger partial charge >= 0.3 is 0 Å². The molecule has 1 aliphatic heterocycles. The van der Waals surface area contributed by atoms with Crippen molar-refractivity contribution < 1.29 is 9.53 Å². The van der Waals surface area contributed by atoms with Crippen LogP contribution in [-0.4, -0.2) is 48.1 Å². The average molecular weight is 367 g/mol. The Labute approximate surface area is 156 Å². The number of aromatic nitrogens is 1. The van der Waals surface area contributed by atoms with Crippen molar-refractivity contribution in [3.63, 3.8) is 0 Å². The number of hydrogen-bond donors (Lipinski definition) is 1. The zero-order chi connectivity index (χ0) is 17.9. The Balaban J connectivity index is 1.51. The minimum absolute atomic E-state index is 0.0414. The monoisotopic (exact) mass is 367 g/mol. The van der Waals surface area contributed by atoms with E-state index in [0.717, 1.165) is 22.5 Å². The molecule has 1 fully saturated rings. The molecule has 0 radical (unpaired) electrons. The molecule has 6 heteroatoms. The van der Waals surface area contributed by atoms with Crippen molar-refractivity contribution >= 4 is 27.5 Å². The molecule has 3 aromatic rings. The zero-order valence-corrected chi connectivity index (χ0v) is 15.2. The number of benzene rings is 2. The largest absolute Gasteiger partial charge is 0.374 e. The van der Waals surface area contributed by atoms with Crippen LogP contribution in [0.4, 0.5) is 0 Å². The minimum atomic E-state index is 0.0414. The maximum absolute atomic E-state index is 12.8. The first-order chi connectivity index (χ1) is 12.7. The van der Waals surface area contributed by atoms with Gasteiger partial charge in [0.15, 0.2) is 0 Å². The van der Waals surface area contributed by atoms with Gasteiger partial charge in [-0.05, 0) is 37.2 Å². The molecule has 1 saturated heterocycles. The molecule has 1 amide bonds. The number of hydrogen-bond acceptors (Lipinski definition) is 5. The summed E-state index contributed by atoms with van der Waals surface area (Å²) in [7, 11) is 0. The first-order valence-electron chi connectivity index (χ1n) is 8.81. The van der Waals surface area contributed by atoms with E-state index in [0.29, 0.717) is 31.8 Å². The molecule has 26 heavy (non-hydrogen) atoms. The second kappa shape index (κ2) is 7.53. The van der Waals surface area contributed by atoms with Gasteiger partial charge in [0, 0.05) is 24.2 Å². The molecule has 0 aliphatic carbocycles. The molecule has 134 valence electrons. The Bertz CT molecular complexity index is 872. The lowest BCUT2D eigenvalue weighted by Gasteiger charge is -2.33. The number of rotatable bonds is 4. The Kier molecular flexibility index (Phi) is 4.97. The quantitative estimate of drug-likeness (QED) is 0.769. The highest BCUT2D eigenvalue weighted by Crippen LogP contribution is 2.30. The van der Waals surface area contributed by atoms with Crippen molar-refractivity contribution in [2.75, 3.05) is 26.2 Å². The van der Waals surface area contributed by atoms with Crippen LogP contribution >= 0.6 is 11.3 Å². The molecule has 4 rings (SSSR count).